The van der Waals surface area contributed by atoms with Gasteiger partial charge in [-0.25, -0.2) is 4.99 Å². The molecule has 0 aliphatic carbocycles. The van der Waals surface area contributed by atoms with Gasteiger partial charge in [0.1, 0.15) is 0 Å². The molecule has 3 N–H and O–H groups in total. The van der Waals surface area contributed by atoms with Gasteiger partial charge >= 0.3 is 0 Å². The van der Waals surface area contributed by atoms with Crippen LogP contribution in [0.25, 0.3) is 0 Å². The van der Waals surface area contributed by atoms with Crippen LogP contribution in [0.2, 0.25) is 0 Å². The third kappa shape index (κ3) is 7.58. The van der Waals surface area contributed by atoms with E-state index in [2.05, 4.69) is 25.9 Å². The lowest BCUT2D eigenvalue weighted by Crippen LogP contribution is -2.41. The molecule has 0 atom stereocenters. The van der Waals surface area contributed by atoms with Crippen molar-refractivity contribution in [3.05, 3.63) is 42.2 Å². The second kappa shape index (κ2) is 13.5. The van der Waals surface area contributed by atoms with Crippen LogP contribution in [0.1, 0.15) is 12.5 Å². The highest BCUT2D eigenvalue weighted by Gasteiger charge is 2.13. The first-order valence-electron chi connectivity index (χ1n) is 9.12. The Kier molecular flexibility index (Phi) is 11.3. The maximum absolute atomic E-state index is 12.1. The van der Waals surface area contributed by atoms with Gasteiger partial charge in [0, 0.05) is 12.7 Å². The van der Waals surface area contributed by atoms with Crippen LogP contribution in [0.15, 0.2) is 41.7 Å². The molecule has 0 bridgehead atoms. The highest BCUT2D eigenvalue weighted by atomic mass is 127. The quantitative estimate of drug-likeness (QED) is 0.260. The predicted molar refractivity (Wildman–Crippen MR) is 127 cm³/mol. The van der Waals surface area contributed by atoms with Crippen LogP contribution in [0.4, 0.5) is 5.69 Å². The Bertz CT molecular complexity index is 808. The van der Waals surface area contributed by atoms with Gasteiger partial charge in [-0.05, 0) is 36.8 Å². The summed E-state index contributed by atoms with van der Waals surface area (Å²) in [4.78, 5) is 20.6. The van der Waals surface area contributed by atoms with Crippen LogP contribution in [-0.2, 0) is 11.3 Å². The summed E-state index contributed by atoms with van der Waals surface area (Å²) in [5, 5.41) is 8.88. The van der Waals surface area contributed by atoms with Crippen molar-refractivity contribution in [3.63, 3.8) is 0 Å². The van der Waals surface area contributed by atoms with Crippen LogP contribution in [0.5, 0.6) is 17.2 Å². The zero-order chi connectivity index (χ0) is 21.1. The van der Waals surface area contributed by atoms with Gasteiger partial charge in [0.15, 0.2) is 17.5 Å². The molecule has 2 aromatic rings. The number of hydrogen-bond acceptors (Lipinski definition) is 6. The van der Waals surface area contributed by atoms with Crippen LogP contribution in [0, 0.1) is 0 Å². The number of amides is 1. The lowest BCUT2D eigenvalue weighted by atomic mass is 10.2. The van der Waals surface area contributed by atoms with Gasteiger partial charge < -0.3 is 30.2 Å². The number of nitrogens with zero attached hydrogens (tertiary/aromatic N) is 2. The highest BCUT2D eigenvalue weighted by Crippen LogP contribution is 2.38. The predicted octanol–water partition coefficient (Wildman–Crippen LogP) is 2.42. The maximum atomic E-state index is 12.1. The summed E-state index contributed by atoms with van der Waals surface area (Å²) in [5.41, 5.74) is 1.51. The molecule has 0 saturated carbocycles. The molecule has 0 aliphatic heterocycles. The largest absolute Gasteiger partial charge is 0.493 e. The zero-order valence-corrected chi connectivity index (χ0v) is 19.9. The van der Waals surface area contributed by atoms with E-state index in [-0.39, 0.29) is 36.4 Å². The van der Waals surface area contributed by atoms with Gasteiger partial charge in [0.05, 0.1) is 46.3 Å². The van der Waals surface area contributed by atoms with Crippen molar-refractivity contribution in [1.29, 1.82) is 0 Å². The number of benzene rings is 1. The second-order valence-corrected chi connectivity index (χ2v) is 5.87. The molecule has 1 heterocycles. The lowest BCUT2D eigenvalue weighted by molar-refractivity contribution is -0.115. The molecule has 2 rings (SSSR count). The zero-order valence-electron chi connectivity index (χ0n) is 17.5. The fourth-order valence-electron chi connectivity index (χ4n) is 2.54. The van der Waals surface area contributed by atoms with Crippen molar-refractivity contribution in [2.75, 3.05) is 39.7 Å². The van der Waals surface area contributed by atoms with E-state index in [0.717, 1.165) is 5.56 Å². The fraction of sp³-hybridized carbons (Fsp3) is 0.350. The summed E-state index contributed by atoms with van der Waals surface area (Å²) in [5.74, 6) is 1.97. The Labute approximate surface area is 193 Å². The molecule has 0 unspecified atom stereocenters. The van der Waals surface area contributed by atoms with E-state index < -0.39 is 0 Å². The molecule has 1 aromatic carbocycles. The van der Waals surface area contributed by atoms with Crippen molar-refractivity contribution in [2.45, 2.75) is 13.5 Å². The minimum atomic E-state index is -0.198. The van der Waals surface area contributed by atoms with Crippen LogP contribution >= 0.6 is 24.0 Å². The first-order chi connectivity index (χ1) is 14.1. The molecule has 9 nitrogen and oxygen atoms in total. The van der Waals surface area contributed by atoms with Crippen molar-refractivity contribution >= 4 is 41.5 Å². The monoisotopic (exact) mass is 529 g/mol. The Morgan fingerprint density at radius 2 is 1.80 bits per heavy atom. The molecule has 1 amide bonds. The number of hydrogen-bond donors (Lipinski definition) is 3. The minimum absolute atomic E-state index is 0. The standard InChI is InChI=1S/C20H27N5O4.HI/c1-5-22-20(24-13-18(26)25-15-7-6-8-21-12-15)23-11-14-9-16(27-2)19(29-4)17(10-14)28-3;/h6-10,12H,5,11,13H2,1-4H3,(H,25,26)(H2,22,23,24);1H. The normalized spacial score (nSPS) is 10.5. The molecule has 0 fully saturated rings. The van der Waals surface area contributed by atoms with Crippen molar-refractivity contribution in [1.82, 2.24) is 15.6 Å². The van der Waals surface area contributed by atoms with Gasteiger partial charge in [-0.3, -0.25) is 9.78 Å². The van der Waals surface area contributed by atoms with Gasteiger partial charge in [0.25, 0.3) is 0 Å². The van der Waals surface area contributed by atoms with Crippen LogP contribution in [0.3, 0.4) is 0 Å². The second-order valence-electron chi connectivity index (χ2n) is 5.87. The van der Waals surface area contributed by atoms with E-state index in [1.54, 1.807) is 45.9 Å². The van der Waals surface area contributed by atoms with Gasteiger partial charge in [-0.2, -0.15) is 0 Å². The first kappa shape index (κ1) is 25.3. The smallest absolute Gasteiger partial charge is 0.243 e. The number of aromatic nitrogens is 1. The molecular weight excluding hydrogens is 501 g/mol. The SMILES string of the molecule is CCNC(=NCc1cc(OC)c(OC)c(OC)c1)NCC(=O)Nc1cccnc1.I. The van der Waals surface area contributed by atoms with Crippen LogP contribution < -0.4 is 30.2 Å². The summed E-state index contributed by atoms with van der Waals surface area (Å²) in [6.45, 7) is 3.03. The van der Waals surface area contributed by atoms with Crippen molar-refractivity contribution in [3.8, 4) is 17.2 Å². The van der Waals surface area contributed by atoms with E-state index in [1.165, 1.54) is 0 Å². The highest BCUT2D eigenvalue weighted by molar-refractivity contribution is 14.0. The minimum Gasteiger partial charge on any atom is -0.493 e. The topological polar surface area (TPSA) is 106 Å². The number of guanidine groups is 1. The summed E-state index contributed by atoms with van der Waals surface area (Å²) < 4.78 is 16.1. The molecule has 0 saturated heterocycles. The summed E-state index contributed by atoms with van der Waals surface area (Å²) >= 11 is 0. The number of nitrogens with one attached hydrogen (secondary N) is 3. The number of halogens is 1. The van der Waals surface area contributed by atoms with Gasteiger partial charge in [-0.15, -0.1) is 24.0 Å². The van der Waals surface area contributed by atoms with E-state index in [1.807, 2.05) is 19.1 Å². The molecule has 10 heteroatoms. The maximum Gasteiger partial charge on any atom is 0.243 e. The van der Waals surface area contributed by atoms with E-state index in [4.69, 9.17) is 14.2 Å². The first-order valence-corrected chi connectivity index (χ1v) is 9.12. The molecule has 0 spiro atoms. The third-order valence-corrected chi connectivity index (χ3v) is 3.85. The number of aliphatic imine (C=N–C) groups is 1. The molecule has 1 aromatic heterocycles. The number of pyridine rings is 1. The lowest BCUT2D eigenvalue weighted by Gasteiger charge is -2.14. The molecule has 164 valence electrons. The molecule has 30 heavy (non-hydrogen) atoms. The molecule has 0 aliphatic rings. The Morgan fingerprint density at radius 3 is 2.33 bits per heavy atom. The van der Waals surface area contributed by atoms with Crippen LogP contribution in [-0.4, -0.2) is 51.3 Å². The van der Waals surface area contributed by atoms with E-state index >= 15 is 0 Å². The number of methoxy groups -OCH3 is 3. The number of anilines is 1. The van der Waals surface area contributed by atoms with Gasteiger partial charge in [-0.1, -0.05) is 0 Å². The van der Waals surface area contributed by atoms with E-state index in [0.29, 0.717) is 42.0 Å². The summed E-state index contributed by atoms with van der Waals surface area (Å²) in [6.07, 6.45) is 3.23. The summed E-state index contributed by atoms with van der Waals surface area (Å²) in [7, 11) is 4.69. The van der Waals surface area contributed by atoms with Gasteiger partial charge in [0.2, 0.25) is 11.7 Å². The van der Waals surface area contributed by atoms with Crippen molar-refractivity contribution in [2.24, 2.45) is 4.99 Å². The third-order valence-electron chi connectivity index (χ3n) is 3.85. The number of carbonyl (C=O) groups excluding carboxylic acids is 1. The number of ether oxygens (including phenoxy) is 3. The Hall–Kier alpha value is -2.76. The average molecular weight is 529 g/mol. The number of rotatable bonds is 9. The Balaban J connectivity index is 0.00000450. The molecule has 0 radical (unpaired) electrons. The average Bonchev–Trinajstić information content (AvgIpc) is 2.75. The summed E-state index contributed by atoms with van der Waals surface area (Å²) in [6, 6.07) is 7.20. The molecular formula is C20H28IN5O4. The number of carbonyl (C=O) groups is 1. The van der Waals surface area contributed by atoms with E-state index in [9.17, 15) is 4.79 Å². The van der Waals surface area contributed by atoms with Crippen molar-refractivity contribution < 1.29 is 19.0 Å². The fourth-order valence-corrected chi connectivity index (χ4v) is 2.54. The Morgan fingerprint density at radius 1 is 1.10 bits per heavy atom.